The van der Waals surface area contributed by atoms with Crippen LogP contribution in [0, 0.1) is 13.8 Å². The second-order valence-corrected chi connectivity index (χ2v) is 6.64. The fourth-order valence-electron chi connectivity index (χ4n) is 3.23. The summed E-state index contributed by atoms with van der Waals surface area (Å²) in [5.41, 5.74) is 3.15. The molecule has 4 rings (SSSR count). The smallest absolute Gasteiger partial charge is 0.255 e. The van der Waals surface area contributed by atoms with Crippen LogP contribution < -0.4 is 14.8 Å². The molecule has 2 atom stereocenters. The second-order valence-electron chi connectivity index (χ2n) is 6.64. The average Bonchev–Trinajstić information content (AvgIpc) is 3.05. The largest absolute Gasteiger partial charge is 0.486 e. The van der Waals surface area contributed by atoms with Gasteiger partial charge in [-0.05, 0) is 45.0 Å². The summed E-state index contributed by atoms with van der Waals surface area (Å²) in [7, 11) is 0. The van der Waals surface area contributed by atoms with E-state index in [4.69, 9.17) is 9.47 Å². The van der Waals surface area contributed by atoms with Crippen LogP contribution in [0.15, 0.2) is 42.6 Å². The van der Waals surface area contributed by atoms with Crippen LogP contribution in [0.5, 0.6) is 11.5 Å². The summed E-state index contributed by atoms with van der Waals surface area (Å²) >= 11 is 0. The first-order valence-corrected chi connectivity index (χ1v) is 8.67. The Balaban J connectivity index is 1.52. The highest BCUT2D eigenvalue weighted by atomic mass is 16.6. The van der Waals surface area contributed by atoms with Gasteiger partial charge in [-0.25, -0.2) is 4.98 Å². The van der Waals surface area contributed by atoms with Gasteiger partial charge < -0.3 is 19.2 Å². The lowest BCUT2D eigenvalue weighted by Gasteiger charge is -2.30. The van der Waals surface area contributed by atoms with Crippen LogP contribution >= 0.6 is 0 Å². The van der Waals surface area contributed by atoms with Crippen molar-refractivity contribution in [1.82, 2.24) is 14.7 Å². The highest BCUT2D eigenvalue weighted by Crippen LogP contribution is 2.31. The number of nitrogens with zero attached hydrogens (tertiary/aromatic N) is 2. The Labute approximate surface area is 151 Å². The molecular formula is C20H21N3O3. The summed E-state index contributed by atoms with van der Waals surface area (Å²) in [5, 5.41) is 3.02. The van der Waals surface area contributed by atoms with E-state index < -0.39 is 0 Å². The Morgan fingerprint density at radius 2 is 2.04 bits per heavy atom. The third-order valence-corrected chi connectivity index (χ3v) is 4.63. The maximum atomic E-state index is 12.8. The predicted molar refractivity (Wildman–Crippen MR) is 97.9 cm³/mol. The molecular weight excluding hydrogens is 330 g/mol. The Morgan fingerprint density at radius 1 is 1.27 bits per heavy atom. The number of nitrogens with one attached hydrogen (secondary N) is 1. The molecule has 1 N–H and O–H groups in total. The Hall–Kier alpha value is -3.02. The lowest BCUT2D eigenvalue weighted by atomic mass is 10.1. The number of fused-ring (bicyclic) bond motifs is 2. The van der Waals surface area contributed by atoms with Crippen LogP contribution in [0.1, 0.15) is 28.7 Å². The van der Waals surface area contributed by atoms with Gasteiger partial charge in [0, 0.05) is 17.6 Å². The average molecular weight is 351 g/mol. The lowest BCUT2D eigenvalue weighted by molar-refractivity contribution is 0.0606. The molecule has 1 amide bonds. The summed E-state index contributed by atoms with van der Waals surface area (Å²) in [6, 6.07) is 11.1. The van der Waals surface area contributed by atoms with E-state index in [0.29, 0.717) is 23.6 Å². The predicted octanol–water partition coefficient (Wildman–Crippen LogP) is 2.91. The van der Waals surface area contributed by atoms with Crippen LogP contribution in [-0.4, -0.2) is 34.0 Å². The van der Waals surface area contributed by atoms with E-state index in [9.17, 15) is 4.79 Å². The number of hydrogen-bond acceptors (Lipinski definition) is 4. The van der Waals surface area contributed by atoms with E-state index in [2.05, 4.69) is 10.3 Å². The SMILES string of the molecule is Cc1cc(C)n2ccc(C(=O)NC(C)C3COc4ccccc4O3)c2n1. The van der Waals surface area contributed by atoms with Crippen LogP contribution in [0.25, 0.3) is 5.65 Å². The van der Waals surface area contributed by atoms with Crippen molar-refractivity contribution in [2.24, 2.45) is 0 Å². The number of rotatable bonds is 3. The van der Waals surface area contributed by atoms with Crippen molar-refractivity contribution in [3.63, 3.8) is 0 Å². The molecule has 2 unspecified atom stereocenters. The summed E-state index contributed by atoms with van der Waals surface area (Å²) < 4.78 is 13.6. The van der Waals surface area contributed by atoms with Crippen molar-refractivity contribution in [2.45, 2.75) is 32.9 Å². The molecule has 0 aliphatic carbocycles. The lowest BCUT2D eigenvalue weighted by Crippen LogP contribution is -2.48. The van der Waals surface area contributed by atoms with E-state index in [1.54, 1.807) is 6.07 Å². The van der Waals surface area contributed by atoms with Crippen LogP contribution in [0.3, 0.4) is 0 Å². The summed E-state index contributed by atoms with van der Waals surface area (Å²) in [4.78, 5) is 17.3. The van der Waals surface area contributed by atoms with Gasteiger partial charge >= 0.3 is 0 Å². The van der Waals surface area contributed by atoms with E-state index in [0.717, 1.165) is 17.1 Å². The zero-order chi connectivity index (χ0) is 18.3. The van der Waals surface area contributed by atoms with E-state index in [-0.39, 0.29) is 18.1 Å². The monoisotopic (exact) mass is 351 g/mol. The van der Waals surface area contributed by atoms with Gasteiger partial charge in [0.15, 0.2) is 17.6 Å². The number of para-hydroxylation sites is 2. The quantitative estimate of drug-likeness (QED) is 0.788. The molecule has 1 aromatic carbocycles. The fraction of sp³-hybridized carbons (Fsp3) is 0.300. The van der Waals surface area contributed by atoms with E-state index in [1.165, 1.54) is 0 Å². The molecule has 0 fully saturated rings. The number of carbonyl (C=O) groups excluding carboxylic acids is 1. The molecule has 26 heavy (non-hydrogen) atoms. The first-order chi connectivity index (χ1) is 12.5. The molecule has 6 heteroatoms. The molecule has 1 aliphatic rings. The minimum Gasteiger partial charge on any atom is -0.486 e. The molecule has 6 nitrogen and oxygen atoms in total. The summed E-state index contributed by atoms with van der Waals surface area (Å²) in [5.74, 6) is 1.27. The van der Waals surface area contributed by atoms with Crippen LogP contribution in [0.4, 0.5) is 0 Å². The van der Waals surface area contributed by atoms with Gasteiger partial charge in [0.2, 0.25) is 0 Å². The molecule has 3 heterocycles. The van der Waals surface area contributed by atoms with Gasteiger partial charge in [-0.15, -0.1) is 0 Å². The molecule has 0 saturated carbocycles. The zero-order valence-corrected chi connectivity index (χ0v) is 15.0. The molecule has 0 saturated heterocycles. The fourth-order valence-corrected chi connectivity index (χ4v) is 3.23. The molecule has 1 aliphatic heterocycles. The molecule has 0 spiro atoms. The van der Waals surface area contributed by atoms with Crippen LogP contribution in [-0.2, 0) is 0 Å². The van der Waals surface area contributed by atoms with Gasteiger partial charge in [-0.3, -0.25) is 4.79 Å². The third kappa shape index (κ3) is 2.87. The van der Waals surface area contributed by atoms with E-state index >= 15 is 0 Å². The van der Waals surface area contributed by atoms with Crippen molar-refractivity contribution >= 4 is 11.6 Å². The standard InChI is InChI=1S/C20H21N3O3/c1-12-10-13(2)23-9-8-15(19(23)21-12)20(24)22-14(3)18-11-25-16-6-4-5-7-17(16)26-18/h4-10,14,18H,11H2,1-3H3,(H,22,24). The van der Waals surface area contributed by atoms with Gasteiger partial charge in [-0.2, -0.15) is 0 Å². The molecule has 3 aromatic rings. The van der Waals surface area contributed by atoms with Gasteiger partial charge in [0.05, 0.1) is 11.6 Å². The maximum Gasteiger partial charge on any atom is 0.255 e. The first kappa shape index (κ1) is 16.4. The maximum absolute atomic E-state index is 12.8. The minimum atomic E-state index is -0.251. The first-order valence-electron chi connectivity index (χ1n) is 8.67. The zero-order valence-electron chi connectivity index (χ0n) is 15.0. The number of aryl methyl sites for hydroxylation is 2. The van der Waals surface area contributed by atoms with Crippen molar-refractivity contribution in [3.05, 3.63) is 59.5 Å². The van der Waals surface area contributed by atoms with Crippen molar-refractivity contribution < 1.29 is 14.3 Å². The minimum absolute atomic E-state index is 0.167. The van der Waals surface area contributed by atoms with Gasteiger partial charge in [-0.1, -0.05) is 12.1 Å². The van der Waals surface area contributed by atoms with Gasteiger partial charge in [0.1, 0.15) is 12.3 Å². The Bertz CT molecular complexity index is 980. The number of benzene rings is 1. The van der Waals surface area contributed by atoms with Crippen molar-refractivity contribution in [3.8, 4) is 11.5 Å². The third-order valence-electron chi connectivity index (χ3n) is 4.63. The highest BCUT2D eigenvalue weighted by molar-refractivity contribution is 6.00. The normalized spacial score (nSPS) is 17.1. The summed E-state index contributed by atoms with van der Waals surface area (Å²) in [6.07, 6.45) is 1.62. The molecule has 0 bridgehead atoms. The molecule has 134 valence electrons. The summed E-state index contributed by atoms with van der Waals surface area (Å²) in [6.45, 7) is 6.24. The number of hydrogen-bond donors (Lipinski definition) is 1. The topological polar surface area (TPSA) is 64.9 Å². The number of aromatic nitrogens is 2. The second kappa shape index (κ2) is 6.37. The molecule has 0 radical (unpaired) electrons. The Kier molecular flexibility index (Phi) is 4.03. The number of carbonyl (C=O) groups is 1. The Morgan fingerprint density at radius 3 is 2.85 bits per heavy atom. The number of ether oxygens (including phenoxy) is 2. The number of amides is 1. The van der Waals surface area contributed by atoms with E-state index in [1.807, 2.05) is 61.7 Å². The molecule has 2 aromatic heterocycles. The van der Waals surface area contributed by atoms with Crippen molar-refractivity contribution in [2.75, 3.05) is 6.61 Å². The highest BCUT2D eigenvalue weighted by Gasteiger charge is 2.28. The van der Waals surface area contributed by atoms with Gasteiger partial charge in [0.25, 0.3) is 5.91 Å². The van der Waals surface area contributed by atoms with Crippen molar-refractivity contribution in [1.29, 1.82) is 0 Å². The van der Waals surface area contributed by atoms with Crippen LogP contribution in [0.2, 0.25) is 0 Å².